The first kappa shape index (κ1) is 23.6. The van der Waals surface area contributed by atoms with E-state index in [-0.39, 0.29) is 4.90 Å². The van der Waals surface area contributed by atoms with Crippen LogP contribution in [0, 0.1) is 0 Å². The maximum atomic E-state index is 13.1. The first-order chi connectivity index (χ1) is 13.6. The van der Waals surface area contributed by atoms with Crippen molar-refractivity contribution in [3.8, 4) is 0 Å². The molecule has 10 nitrogen and oxygen atoms in total. The Kier molecular flexibility index (Phi) is 8.27. The zero-order valence-corrected chi connectivity index (χ0v) is 16.8. The first-order valence-electron chi connectivity index (χ1n) is 7.75. The third kappa shape index (κ3) is 5.29. The molecule has 0 heterocycles. The number of ether oxygens (including phenoxy) is 4. The molecule has 0 bridgehead atoms. The lowest BCUT2D eigenvalue weighted by molar-refractivity contribution is -0.141. The first-order valence-corrected chi connectivity index (χ1v) is 9.23. The van der Waals surface area contributed by atoms with Gasteiger partial charge in [0, 0.05) is 6.08 Å². The monoisotopic (exact) mass is 426 g/mol. The topological polar surface area (TPSA) is 139 Å². The van der Waals surface area contributed by atoms with E-state index in [9.17, 15) is 27.6 Å². The summed E-state index contributed by atoms with van der Waals surface area (Å²) in [7, 11) is -1.02. The third-order valence-electron chi connectivity index (χ3n) is 3.45. The summed E-state index contributed by atoms with van der Waals surface area (Å²) in [4.78, 5) is 47.2. The summed E-state index contributed by atoms with van der Waals surface area (Å²) < 4.78 is 44.2. The normalized spacial score (nSPS) is 12.3. The number of hydrogen-bond donors (Lipinski definition) is 0. The highest BCUT2D eigenvalue weighted by Gasteiger charge is 2.38. The van der Waals surface area contributed by atoms with Crippen molar-refractivity contribution < 1.29 is 46.5 Å². The molecule has 0 N–H and O–H groups in total. The van der Waals surface area contributed by atoms with Gasteiger partial charge in [0.2, 0.25) is 9.84 Å². The van der Waals surface area contributed by atoms with E-state index in [0.717, 1.165) is 40.6 Å². The summed E-state index contributed by atoms with van der Waals surface area (Å²) in [5.41, 5.74) is -1.91. The van der Waals surface area contributed by atoms with E-state index in [2.05, 4.69) is 18.9 Å². The van der Waals surface area contributed by atoms with Gasteiger partial charge in [-0.1, -0.05) is 18.2 Å². The molecular weight excluding hydrogens is 408 g/mol. The summed E-state index contributed by atoms with van der Waals surface area (Å²) in [6.07, 6.45) is 0.502. The molecule has 0 amide bonds. The minimum absolute atomic E-state index is 0.371. The zero-order chi connectivity index (χ0) is 22.2. The van der Waals surface area contributed by atoms with Gasteiger partial charge in [0.25, 0.3) is 0 Å². The Morgan fingerprint density at radius 3 is 1.72 bits per heavy atom. The molecule has 29 heavy (non-hydrogen) atoms. The lowest BCUT2D eigenvalue weighted by Gasteiger charge is -2.14. The minimum atomic E-state index is -4.69. The van der Waals surface area contributed by atoms with Gasteiger partial charge in [-0.2, -0.15) is 0 Å². The summed E-state index contributed by atoms with van der Waals surface area (Å²) >= 11 is 0. The Morgan fingerprint density at radius 2 is 1.28 bits per heavy atom. The Balaban J connectivity index is 4.11. The number of sulfone groups is 1. The van der Waals surface area contributed by atoms with Crippen LogP contribution in [0.2, 0.25) is 0 Å². The molecule has 0 unspecified atom stereocenters. The second-order valence-electron chi connectivity index (χ2n) is 5.08. The molecule has 11 heteroatoms. The van der Waals surface area contributed by atoms with Gasteiger partial charge >= 0.3 is 23.9 Å². The van der Waals surface area contributed by atoms with Crippen LogP contribution in [-0.4, -0.2) is 60.7 Å². The van der Waals surface area contributed by atoms with Crippen molar-refractivity contribution in [2.75, 3.05) is 28.4 Å². The SMILES string of the molecule is COC(=O)/C=C(C(=O)OC)/C(C(=O)OC)=C(\C(=O)OC)S(=O)(=O)c1ccccc1. The van der Waals surface area contributed by atoms with Gasteiger partial charge in [-0.3, -0.25) is 0 Å². The van der Waals surface area contributed by atoms with Crippen molar-refractivity contribution in [2.24, 2.45) is 0 Å². The summed E-state index contributed by atoms with van der Waals surface area (Å²) in [5, 5.41) is 0. The highest BCUT2D eigenvalue weighted by Crippen LogP contribution is 2.28. The van der Waals surface area contributed by atoms with Crippen LogP contribution in [-0.2, 0) is 48.0 Å². The highest BCUT2D eigenvalue weighted by atomic mass is 32.2. The number of esters is 4. The number of hydrogen-bond acceptors (Lipinski definition) is 10. The number of carbonyl (C=O) groups excluding carboxylic acids is 4. The second-order valence-corrected chi connectivity index (χ2v) is 6.96. The molecule has 1 aromatic carbocycles. The summed E-state index contributed by atoms with van der Waals surface area (Å²) in [6.45, 7) is 0. The van der Waals surface area contributed by atoms with Crippen molar-refractivity contribution in [1.29, 1.82) is 0 Å². The fourth-order valence-electron chi connectivity index (χ4n) is 2.10. The minimum Gasteiger partial charge on any atom is -0.466 e. The van der Waals surface area contributed by atoms with E-state index in [1.165, 1.54) is 18.2 Å². The van der Waals surface area contributed by atoms with Crippen LogP contribution >= 0.6 is 0 Å². The van der Waals surface area contributed by atoms with Gasteiger partial charge in [0.15, 0.2) is 4.91 Å². The van der Waals surface area contributed by atoms with Crippen LogP contribution in [0.3, 0.4) is 0 Å². The van der Waals surface area contributed by atoms with Crippen molar-refractivity contribution in [2.45, 2.75) is 4.90 Å². The average molecular weight is 426 g/mol. The van der Waals surface area contributed by atoms with Gasteiger partial charge in [0.05, 0.1) is 38.9 Å². The van der Waals surface area contributed by atoms with Crippen LogP contribution in [0.15, 0.2) is 57.4 Å². The van der Waals surface area contributed by atoms with Gasteiger partial charge in [-0.25, -0.2) is 27.6 Å². The molecule has 0 aliphatic rings. The van der Waals surface area contributed by atoms with E-state index in [4.69, 9.17) is 0 Å². The lowest BCUT2D eigenvalue weighted by atomic mass is 10.1. The number of benzene rings is 1. The summed E-state index contributed by atoms with van der Waals surface area (Å²) in [5.74, 6) is -5.27. The van der Waals surface area contributed by atoms with Gasteiger partial charge in [0.1, 0.15) is 5.57 Å². The number of rotatable bonds is 7. The van der Waals surface area contributed by atoms with Gasteiger partial charge < -0.3 is 18.9 Å². The molecule has 0 atom stereocenters. The molecule has 0 saturated heterocycles. The van der Waals surface area contributed by atoms with Gasteiger partial charge in [-0.05, 0) is 12.1 Å². The molecule has 0 aliphatic carbocycles. The lowest BCUT2D eigenvalue weighted by Crippen LogP contribution is -2.25. The van der Waals surface area contributed by atoms with E-state index in [1.807, 2.05) is 0 Å². The molecule has 0 fully saturated rings. The largest absolute Gasteiger partial charge is 0.466 e. The fourth-order valence-corrected chi connectivity index (χ4v) is 3.62. The van der Waals surface area contributed by atoms with E-state index in [1.54, 1.807) is 0 Å². The Bertz CT molecular complexity index is 971. The van der Waals surface area contributed by atoms with E-state index >= 15 is 0 Å². The maximum absolute atomic E-state index is 13.1. The molecule has 0 aliphatic heterocycles. The Morgan fingerprint density at radius 1 is 0.759 bits per heavy atom. The van der Waals surface area contributed by atoms with E-state index < -0.39 is 49.8 Å². The van der Waals surface area contributed by atoms with Crippen LogP contribution < -0.4 is 0 Å². The highest BCUT2D eigenvalue weighted by molar-refractivity contribution is 7.96. The third-order valence-corrected chi connectivity index (χ3v) is 5.25. The molecule has 156 valence electrons. The van der Waals surface area contributed by atoms with Crippen molar-refractivity contribution in [1.82, 2.24) is 0 Å². The molecule has 1 aromatic rings. The molecular formula is C18H18O10S. The van der Waals surface area contributed by atoms with Gasteiger partial charge in [-0.15, -0.1) is 0 Å². The van der Waals surface area contributed by atoms with Crippen LogP contribution in [0.4, 0.5) is 0 Å². The summed E-state index contributed by atoms with van der Waals surface area (Å²) in [6, 6.07) is 6.61. The van der Waals surface area contributed by atoms with Crippen LogP contribution in [0.25, 0.3) is 0 Å². The van der Waals surface area contributed by atoms with E-state index in [0.29, 0.717) is 6.08 Å². The zero-order valence-electron chi connectivity index (χ0n) is 16.0. The Hall–Kier alpha value is -3.47. The van der Waals surface area contributed by atoms with Crippen LogP contribution in [0.1, 0.15) is 0 Å². The Labute approximate surface area is 166 Å². The maximum Gasteiger partial charge on any atom is 0.350 e. The molecule has 0 saturated carbocycles. The average Bonchev–Trinajstić information content (AvgIpc) is 2.74. The second kappa shape index (κ2) is 10.2. The molecule has 0 spiro atoms. The van der Waals surface area contributed by atoms with Crippen molar-refractivity contribution in [3.63, 3.8) is 0 Å². The smallest absolute Gasteiger partial charge is 0.350 e. The molecule has 0 aromatic heterocycles. The predicted molar refractivity (Wildman–Crippen MR) is 96.8 cm³/mol. The molecule has 0 radical (unpaired) electrons. The standard InChI is InChI=1S/C18H18O10S/c1-25-13(19)10-12(16(20)26-2)14(17(21)27-3)15(18(22)28-4)29(23,24)11-8-6-5-7-9-11/h5-10H,1-4H3/b12-10-,15-14-. The van der Waals surface area contributed by atoms with Crippen molar-refractivity contribution in [3.05, 3.63) is 52.5 Å². The fraction of sp³-hybridized carbons (Fsp3) is 0.222. The quantitative estimate of drug-likeness (QED) is 0.259. The van der Waals surface area contributed by atoms with Crippen molar-refractivity contribution >= 4 is 33.7 Å². The predicted octanol–water partition coefficient (Wildman–Crippen LogP) is 0.333. The number of methoxy groups -OCH3 is 4. The molecule has 1 rings (SSSR count). The number of carbonyl (C=O) groups is 4. The van der Waals surface area contributed by atoms with Crippen LogP contribution in [0.5, 0.6) is 0 Å².